The van der Waals surface area contributed by atoms with Crippen LogP contribution in [0.15, 0.2) is 42.5 Å². The van der Waals surface area contributed by atoms with Crippen LogP contribution in [0.2, 0.25) is 0 Å². The first-order valence-electron chi connectivity index (χ1n) is 8.84. The molecule has 0 atom stereocenters. The normalized spacial score (nSPS) is 13.3. The number of aromatic nitrogens is 2. The zero-order chi connectivity index (χ0) is 17.9. The molecule has 3 aromatic rings. The minimum Gasteiger partial charge on any atom is -0.352 e. The van der Waals surface area contributed by atoms with Crippen molar-refractivity contribution in [1.82, 2.24) is 15.3 Å². The third-order valence-electron chi connectivity index (χ3n) is 4.58. The van der Waals surface area contributed by atoms with Crippen molar-refractivity contribution in [2.75, 3.05) is 11.9 Å². The van der Waals surface area contributed by atoms with Crippen LogP contribution >= 0.6 is 0 Å². The van der Waals surface area contributed by atoms with Crippen LogP contribution in [0.25, 0.3) is 11.0 Å². The van der Waals surface area contributed by atoms with Crippen LogP contribution < -0.4 is 10.6 Å². The summed E-state index contributed by atoms with van der Waals surface area (Å²) in [4.78, 5) is 31.6. The first kappa shape index (κ1) is 16.3. The maximum absolute atomic E-state index is 12.3. The summed E-state index contributed by atoms with van der Waals surface area (Å²) in [5, 5.41) is 5.78. The van der Waals surface area contributed by atoms with Crippen molar-refractivity contribution in [2.45, 2.75) is 25.7 Å². The number of nitrogens with zero attached hydrogens (tertiary/aromatic N) is 1. The molecule has 6 nitrogen and oxygen atoms in total. The van der Waals surface area contributed by atoms with Gasteiger partial charge in [0.05, 0.1) is 11.0 Å². The van der Waals surface area contributed by atoms with Crippen molar-refractivity contribution < 1.29 is 9.59 Å². The number of hydrogen-bond donors (Lipinski definition) is 3. The number of para-hydroxylation sites is 2. The number of nitrogens with one attached hydrogen (secondary N) is 3. The Morgan fingerprint density at radius 2 is 2.04 bits per heavy atom. The predicted octanol–water partition coefficient (Wildman–Crippen LogP) is 2.81. The predicted molar refractivity (Wildman–Crippen MR) is 100 cm³/mol. The zero-order valence-electron chi connectivity index (χ0n) is 14.3. The topological polar surface area (TPSA) is 86.9 Å². The van der Waals surface area contributed by atoms with E-state index in [1.807, 2.05) is 30.3 Å². The summed E-state index contributed by atoms with van der Waals surface area (Å²) < 4.78 is 0. The molecule has 0 fully saturated rings. The van der Waals surface area contributed by atoms with Crippen molar-refractivity contribution in [1.29, 1.82) is 0 Å². The molecule has 0 radical (unpaired) electrons. The number of imidazole rings is 1. The second kappa shape index (κ2) is 7.00. The molecule has 132 valence electrons. The van der Waals surface area contributed by atoms with Crippen LogP contribution in [0.3, 0.4) is 0 Å². The number of carbonyl (C=O) groups is 2. The summed E-state index contributed by atoms with van der Waals surface area (Å²) in [7, 11) is 0. The molecular formula is C20H20N4O2. The largest absolute Gasteiger partial charge is 0.352 e. The van der Waals surface area contributed by atoms with Gasteiger partial charge in [-0.1, -0.05) is 12.1 Å². The van der Waals surface area contributed by atoms with Gasteiger partial charge < -0.3 is 15.6 Å². The zero-order valence-corrected chi connectivity index (χ0v) is 14.3. The fourth-order valence-electron chi connectivity index (χ4n) is 3.21. The lowest BCUT2D eigenvalue weighted by molar-refractivity contribution is -0.116. The highest BCUT2D eigenvalue weighted by Gasteiger charge is 2.16. The van der Waals surface area contributed by atoms with E-state index in [1.54, 1.807) is 12.1 Å². The van der Waals surface area contributed by atoms with Gasteiger partial charge in [0.1, 0.15) is 5.82 Å². The van der Waals surface area contributed by atoms with E-state index < -0.39 is 0 Å². The Kier molecular flexibility index (Phi) is 4.39. The second-order valence-electron chi connectivity index (χ2n) is 6.48. The van der Waals surface area contributed by atoms with Crippen LogP contribution in [0.5, 0.6) is 0 Å². The van der Waals surface area contributed by atoms with Gasteiger partial charge in [-0.15, -0.1) is 0 Å². The molecule has 2 heterocycles. The van der Waals surface area contributed by atoms with E-state index in [0.717, 1.165) is 41.0 Å². The fraction of sp³-hybridized carbons (Fsp3) is 0.250. The van der Waals surface area contributed by atoms with Crippen LogP contribution in [-0.2, 0) is 17.6 Å². The van der Waals surface area contributed by atoms with Gasteiger partial charge in [-0.25, -0.2) is 4.98 Å². The summed E-state index contributed by atoms with van der Waals surface area (Å²) in [5.41, 5.74) is 4.45. The number of amides is 2. The average molecular weight is 348 g/mol. The average Bonchev–Trinajstić information content (AvgIpc) is 3.07. The minimum absolute atomic E-state index is 0.0280. The summed E-state index contributed by atoms with van der Waals surface area (Å²) in [6, 6.07) is 13.4. The van der Waals surface area contributed by atoms with E-state index in [4.69, 9.17) is 0 Å². The summed E-state index contributed by atoms with van der Waals surface area (Å²) in [5.74, 6) is 0.875. The summed E-state index contributed by atoms with van der Waals surface area (Å²) in [6.07, 6.45) is 2.74. The van der Waals surface area contributed by atoms with Crippen molar-refractivity contribution in [3.63, 3.8) is 0 Å². The molecule has 1 aliphatic heterocycles. The molecule has 6 heteroatoms. The van der Waals surface area contributed by atoms with E-state index in [2.05, 4.69) is 20.6 Å². The van der Waals surface area contributed by atoms with Crippen LogP contribution in [0.1, 0.15) is 34.6 Å². The smallest absolute Gasteiger partial charge is 0.251 e. The number of aryl methyl sites for hydroxylation is 2. The van der Waals surface area contributed by atoms with Crippen molar-refractivity contribution in [2.24, 2.45) is 0 Å². The van der Waals surface area contributed by atoms with E-state index >= 15 is 0 Å². The molecule has 26 heavy (non-hydrogen) atoms. The van der Waals surface area contributed by atoms with Gasteiger partial charge in [-0.05, 0) is 48.7 Å². The van der Waals surface area contributed by atoms with Gasteiger partial charge in [-0.3, -0.25) is 9.59 Å². The quantitative estimate of drug-likeness (QED) is 0.620. The molecule has 0 saturated heterocycles. The number of benzene rings is 2. The second-order valence-corrected chi connectivity index (χ2v) is 6.48. The lowest BCUT2D eigenvalue weighted by atomic mass is 10.00. The van der Waals surface area contributed by atoms with Crippen LogP contribution in [-0.4, -0.2) is 28.3 Å². The number of hydrogen-bond acceptors (Lipinski definition) is 3. The van der Waals surface area contributed by atoms with Crippen molar-refractivity contribution >= 4 is 28.5 Å². The highest BCUT2D eigenvalue weighted by molar-refractivity contribution is 5.97. The highest BCUT2D eigenvalue weighted by Crippen LogP contribution is 2.23. The van der Waals surface area contributed by atoms with Gasteiger partial charge in [-0.2, -0.15) is 0 Å². The molecule has 0 unspecified atom stereocenters. The van der Waals surface area contributed by atoms with Gasteiger partial charge in [0.25, 0.3) is 5.91 Å². The molecule has 0 aliphatic carbocycles. The molecule has 2 amide bonds. The molecule has 1 aliphatic rings. The van der Waals surface area contributed by atoms with Gasteiger partial charge >= 0.3 is 0 Å². The maximum Gasteiger partial charge on any atom is 0.251 e. The number of aromatic amines is 1. The monoisotopic (exact) mass is 348 g/mol. The Labute approximate surface area is 151 Å². The Morgan fingerprint density at radius 1 is 1.15 bits per heavy atom. The molecule has 1 aromatic heterocycles. The molecule has 0 saturated carbocycles. The molecule has 4 rings (SSSR count). The molecule has 3 N–H and O–H groups in total. The van der Waals surface area contributed by atoms with Crippen LogP contribution in [0.4, 0.5) is 5.69 Å². The third kappa shape index (κ3) is 3.44. The first-order valence-corrected chi connectivity index (χ1v) is 8.84. The Hall–Kier alpha value is -3.15. The SMILES string of the molecule is O=C1CCc2cc(C(=O)NCCCc3nc4ccccc4[nH]3)ccc2N1. The van der Waals surface area contributed by atoms with E-state index in [1.165, 1.54) is 0 Å². The number of fused-ring (bicyclic) bond motifs is 2. The Morgan fingerprint density at radius 3 is 2.92 bits per heavy atom. The van der Waals surface area contributed by atoms with E-state index in [0.29, 0.717) is 24.9 Å². The fourth-order valence-corrected chi connectivity index (χ4v) is 3.21. The lowest BCUT2D eigenvalue weighted by Gasteiger charge is -2.17. The molecule has 0 bridgehead atoms. The Bertz CT molecular complexity index is 944. The first-order chi connectivity index (χ1) is 12.7. The number of rotatable bonds is 5. The highest BCUT2D eigenvalue weighted by atomic mass is 16.2. The Balaban J connectivity index is 1.30. The third-order valence-corrected chi connectivity index (χ3v) is 4.58. The van der Waals surface area contributed by atoms with Crippen molar-refractivity contribution in [3.8, 4) is 0 Å². The minimum atomic E-state index is -0.0886. The van der Waals surface area contributed by atoms with Gasteiger partial charge in [0.15, 0.2) is 0 Å². The van der Waals surface area contributed by atoms with E-state index in [-0.39, 0.29) is 11.8 Å². The van der Waals surface area contributed by atoms with Gasteiger partial charge in [0, 0.05) is 30.6 Å². The maximum atomic E-state index is 12.3. The van der Waals surface area contributed by atoms with Gasteiger partial charge in [0.2, 0.25) is 5.91 Å². The molecule has 2 aromatic carbocycles. The van der Waals surface area contributed by atoms with Crippen molar-refractivity contribution in [3.05, 3.63) is 59.4 Å². The van der Waals surface area contributed by atoms with Crippen LogP contribution in [0, 0.1) is 0 Å². The molecule has 0 spiro atoms. The number of anilines is 1. The molecular weight excluding hydrogens is 328 g/mol. The number of carbonyl (C=O) groups excluding carboxylic acids is 2. The number of H-pyrrole nitrogens is 1. The summed E-state index contributed by atoms with van der Waals surface area (Å²) in [6.45, 7) is 0.587. The van der Waals surface area contributed by atoms with E-state index in [9.17, 15) is 9.59 Å². The summed E-state index contributed by atoms with van der Waals surface area (Å²) >= 11 is 0. The lowest BCUT2D eigenvalue weighted by Crippen LogP contribution is -2.25. The standard InChI is InChI=1S/C20H20N4O2/c25-19-10-8-13-12-14(7-9-15(13)24-19)20(26)21-11-3-6-18-22-16-4-1-2-5-17(16)23-18/h1-2,4-5,7,9,12H,3,6,8,10-11H2,(H,21,26)(H,22,23)(H,24,25).